The van der Waals surface area contributed by atoms with Crippen LogP contribution in [0.5, 0.6) is 11.5 Å². The van der Waals surface area contributed by atoms with Gasteiger partial charge >= 0.3 is 0 Å². The first-order valence-electron chi connectivity index (χ1n) is 9.73. The fraction of sp³-hybridized carbons (Fsp3) is 0.130. The van der Waals surface area contributed by atoms with Crippen LogP contribution in [0.3, 0.4) is 0 Å². The first-order chi connectivity index (χ1) is 15.9. The fourth-order valence-corrected chi connectivity index (χ4v) is 3.84. The predicted molar refractivity (Wildman–Crippen MR) is 127 cm³/mol. The van der Waals surface area contributed by atoms with Crippen LogP contribution in [0.2, 0.25) is 15.1 Å². The molecule has 0 aliphatic rings. The molecule has 1 amide bonds. The Morgan fingerprint density at radius 2 is 1.91 bits per heavy atom. The summed E-state index contributed by atoms with van der Waals surface area (Å²) >= 11 is 18.6. The normalized spacial score (nSPS) is 10.8. The third-order valence-corrected chi connectivity index (χ3v) is 5.77. The summed E-state index contributed by atoms with van der Waals surface area (Å²) in [5, 5.41) is 18.7. The first-order valence-corrected chi connectivity index (χ1v) is 10.9. The van der Waals surface area contributed by atoms with Gasteiger partial charge in [0.1, 0.15) is 12.3 Å². The number of hydrogen-bond acceptors (Lipinski definition) is 5. The van der Waals surface area contributed by atoms with Crippen molar-refractivity contribution in [3.63, 3.8) is 0 Å². The fourth-order valence-electron chi connectivity index (χ4n) is 3.23. The molecule has 0 atom stereocenters. The van der Waals surface area contributed by atoms with Crippen molar-refractivity contribution in [2.45, 2.75) is 13.1 Å². The van der Waals surface area contributed by atoms with E-state index in [9.17, 15) is 4.79 Å². The molecule has 7 nitrogen and oxygen atoms in total. The Kier molecular flexibility index (Phi) is 6.70. The highest BCUT2D eigenvalue weighted by Gasteiger charge is 2.19. The monoisotopic (exact) mass is 499 g/mol. The van der Waals surface area contributed by atoms with E-state index in [0.717, 1.165) is 5.56 Å². The molecule has 166 valence electrons. The SMILES string of the molecule is CN(Cc1ccccc1Cl)C(=O)Cn1nnc2c(Oc3cc(Cl)cc(C#N)c3)c(Cl)ccc21. The van der Waals surface area contributed by atoms with Crippen LogP contribution >= 0.6 is 34.8 Å². The van der Waals surface area contributed by atoms with Crippen molar-refractivity contribution < 1.29 is 9.53 Å². The zero-order chi connectivity index (χ0) is 23.5. The zero-order valence-corrected chi connectivity index (χ0v) is 19.6. The number of likely N-dealkylation sites (N-methyl/N-ethyl adjacent to an activating group) is 1. The van der Waals surface area contributed by atoms with Crippen molar-refractivity contribution in [3.05, 3.63) is 80.8 Å². The van der Waals surface area contributed by atoms with Gasteiger partial charge in [0.05, 0.1) is 22.2 Å². The summed E-state index contributed by atoms with van der Waals surface area (Å²) in [4.78, 5) is 14.4. The summed E-state index contributed by atoms with van der Waals surface area (Å²) in [5.41, 5.74) is 2.13. The molecule has 0 aliphatic heterocycles. The molecule has 4 aromatic rings. The lowest BCUT2D eigenvalue weighted by Gasteiger charge is -2.18. The molecular weight excluding hydrogens is 485 g/mol. The Bertz CT molecular complexity index is 1400. The van der Waals surface area contributed by atoms with Crippen molar-refractivity contribution in [3.8, 4) is 17.6 Å². The number of benzene rings is 3. The Morgan fingerprint density at radius 1 is 1.12 bits per heavy atom. The summed E-state index contributed by atoms with van der Waals surface area (Å²) in [6, 6.07) is 17.4. The van der Waals surface area contributed by atoms with Crippen LogP contribution in [-0.4, -0.2) is 32.8 Å². The number of nitriles is 1. The third kappa shape index (κ3) is 5.04. The van der Waals surface area contributed by atoms with Crippen LogP contribution in [-0.2, 0) is 17.9 Å². The highest BCUT2D eigenvalue weighted by molar-refractivity contribution is 6.33. The van der Waals surface area contributed by atoms with Crippen LogP contribution in [0.25, 0.3) is 11.0 Å². The van der Waals surface area contributed by atoms with Gasteiger partial charge in [-0.25, -0.2) is 4.68 Å². The van der Waals surface area contributed by atoms with Crippen LogP contribution in [0.4, 0.5) is 0 Å². The summed E-state index contributed by atoms with van der Waals surface area (Å²) in [7, 11) is 1.70. The number of rotatable bonds is 6. The number of ether oxygens (including phenoxy) is 1. The minimum Gasteiger partial charge on any atom is -0.453 e. The van der Waals surface area contributed by atoms with Crippen molar-refractivity contribution in [1.29, 1.82) is 5.26 Å². The number of carbonyl (C=O) groups is 1. The van der Waals surface area contributed by atoms with E-state index < -0.39 is 0 Å². The van der Waals surface area contributed by atoms with Gasteiger partial charge in [0.25, 0.3) is 0 Å². The van der Waals surface area contributed by atoms with E-state index in [1.54, 1.807) is 42.3 Å². The average Bonchev–Trinajstić information content (AvgIpc) is 3.19. The summed E-state index contributed by atoms with van der Waals surface area (Å²) in [5.74, 6) is 0.412. The topological polar surface area (TPSA) is 84.0 Å². The lowest BCUT2D eigenvalue weighted by molar-refractivity contribution is -0.131. The molecular formula is C23H16Cl3N5O2. The van der Waals surface area contributed by atoms with Crippen molar-refractivity contribution in [2.75, 3.05) is 7.05 Å². The van der Waals surface area contributed by atoms with Crippen LogP contribution in [0.15, 0.2) is 54.6 Å². The Labute approximate surface area is 204 Å². The number of nitrogens with zero attached hydrogens (tertiary/aromatic N) is 5. The largest absolute Gasteiger partial charge is 0.453 e. The minimum absolute atomic E-state index is 0.0335. The van der Waals surface area contributed by atoms with Gasteiger partial charge in [-0.1, -0.05) is 58.2 Å². The number of carbonyl (C=O) groups excluding carboxylic acids is 1. The Hall–Kier alpha value is -3.31. The Balaban J connectivity index is 1.58. The molecule has 0 bridgehead atoms. The molecule has 0 radical (unpaired) electrons. The summed E-state index contributed by atoms with van der Waals surface area (Å²) < 4.78 is 7.39. The van der Waals surface area contributed by atoms with Gasteiger partial charge in [0.2, 0.25) is 5.91 Å². The first kappa shape index (κ1) is 22.9. The van der Waals surface area contributed by atoms with E-state index in [1.807, 2.05) is 24.3 Å². The van der Waals surface area contributed by atoms with Gasteiger partial charge in [-0.2, -0.15) is 5.26 Å². The van der Waals surface area contributed by atoms with E-state index >= 15 is 0 Å². The molecule has 1 heterocycles. The molecule has 0 saturated carbocycles. The van der Waals surface area contributed by atoms with Gasteiger partial charge < -0.3 is 9.64 Å². The second-order valence-corrected chi connectivity index (χ2v) is 8.47. The molecule has 0 unspecified atom stereocenters. The molecule has 1 aromatic heterocycles. The van der Waals surface area contributed by atoms with Crippen LogP contribution in [0.1, 0.15) is 11.1 Å². The molecule has 0 saturated heterocycles. The van der Waals surface area contributed by atoms with E-state index in [0.29, 0.717) is 44.0 Å². The third-order valence-electron chi connectivity index (χ3n) is 4.89. The summed E-state index contributed by atoms with van der Waals surface area (Å²) in [6.45, 7) is 0.329. The number of amides is 1. The molecule has 10 heteroatoms. The number of halogens is 3. The van der Waals surface area contributed by atoms with Gasteiger partial charge in [-0.3, -0.25) is 4.79 Å². The van der Waals surface area contributed by atoms with Crippen molar-refractivity contribution >= 4 is 51.7 Å². The van der Waals surface area contributed by atoms with Gasteiger partial charge in [-0.05, 0) is 42.0 Å². The van der Waals surface area contributed by atoms with E-state index in [1.165, 1.54) is 10.7 Å². The van der Waals surface area contributed by atoms with Crippen LogP contribution < -0.4 is 4.74 Å². The maximum absolute atomic E-state index is 12.8. The molecule has 33 heavy (non-hydrogen) atoms. The van der Waals surface area contributed by atoms with Crippen LogP contribution in [0, 0.1) is 11.3 Å². The molecule has 0 fully saturated rings. The van der Waals surface area contributed by atoms with Crippen molar-refractivity contribution in [2.24, 2.45) is 0 Å². The highest BCUT2D eigenvalue weighted by atomic mass is 35.5. The van der Waals surface area contributed by atoms with Crippen molar-refractivity contribution in [1.82, 2.24) is 19.9 Å². The number of aromatic nitrogens is 3. The Morgan fingerprint density at radius 3 is 2.67 bits per heavy atom. The maximum atomic E-state index is 12.8. The van der Waals surface area contributed by atoms with E-state index in [2.05, 4.69) is 10.3 Å². The second kappa shape index (κ2) is 9.67. The van der Waals surface area contributed by atoms with Gasteiger partial charge in [-0.15, -0.1) is 5.10 Å². The zero-order valence-electron chi connectivity index (χ0n) is 17.3. The number of hydrogen-bond donors (Lipinski definition) is 0. The maximum Gasteiger partial charge on any atom is 0.244 e. The molecule has 3 aromatic carbocycles. The minimum atomic E-state index is -0.173. The second-order valence-electron chi connectivity index (χ2n) is 7.22. The number of fused-ring (bicyclic) bond motifs is 1. The standard InChI is InChI=1S/C23H16Cl3N5O2/c1-30(12-15-4-2-3-5-18(15)25)21(32)13-31-20-7-6-19(26)23(22(20)28-29-31)33-17-9-14(11-27)8-16(24)10-17/h2-10H,12-13H2,1H3. The molecule has 0 spiro atoms. The van der Waals surface area contributed by atoms with E-state index in [4.69, 9.17) is 44.8 Å². The van der Waals surface area contributed by atoms with Gasteiger partial charge in [0, 0.05) is 23.6 Å². The lowest BCUT2D eigenvalue weighted by Crippen LogP contribution is -2.30. The summed E-state index contributed by atoms with van der Waals surface area (Å²) in [6.07, 6.45) is 0. The van der Waals surface area contributed by atoms with Gasteiger partial charge in [0.15, 0.2) is 11.3 Å². The molecule has 0 aliphatic carbocycles. The average molecular weight is 501 g/mol. The van der Waals surface area contributed by atoms with E-state index in [-0.39, 0.29) is 18.2 Å². The smallest absolute Gasteiger partial charge is 0.244 e. The predicted octanol–water partition coefficient (Wildman–Crippen LogP) is 5.71. The molecule has 4 rings (SSSR count). The molecule has 0 N–H and O–H groups in total. The quantitative estimate of drug-likeness (QED) is 0.338. The highest BCUT2D eigenvalue weighted by Crippen LogP contribution is 2.36. The lowest BCUT2D eigenvalue weighted by atomic mass is 10.2.